The first kappa shape index (κ1) is 59.9. The molecule has 2 aromatic carbocycles. The summed E-state index contributed by atoms with van der Waals surface area (Å²) < 4.78 is 155. The van der Waals surface area contributed by atoms with Gasteiger partial charge in [-0.2, -0.15) is 40.2 Å². The molecule has 424 valence electrons. The number of carbonyl (C=O) groups excluding carboxylic acids is 3. The molecule has 4 atom stereocenters. The van der Waals surface area contributed by atoms with Gasteiger partial charge in [0.1, 0.15) is 23.7 Å². The molecule has 4 aromatic rings. The number of nitrogens with zero attached hydrogens (tertiary/aromatic N) is 7. The van der Waals surface area contributed by atoms with Gasteiger partial charge in [-0.1, -0.05) is 24.0 Å². The molecule has 19 nitrogen and oxygen atoms in total. The fourth-order valence-electron chi connectivity index (χ4n) is 8.15. The number of aliphatic hydroxyl groups excluding tert-OH is 1. The van der Waals surface area contributed by atoms with Crippen LogP contribution in [0, 0.1) is 34.3 Å². The summed E-state index contributed by atoms with van der Waals surface area (Å²) in [5.74, 6) is 0.172. The van der Waals surface area contributed by atoms with Crippen LogP contribution in [-0.4, -0.2) is 160 Å². The lowest BCUT2D eigenvalue weighted by Crippen LogP contribution is -2.63. The van der Waals surface area contributed by atoms with E-state index in [0.717, 1.165) is 45.7 Å². The molecule has 78 heavy (non-hydrogen) atoms. The van der Waals surface area contributed by atoms with Gasteiger partial charge in [0.05, 0.1) is 61.1 Å². The molecular formula is C49H55F10N11O8. The largest absolute Gasteiger partial charge is 0.465 e. The van der Waals surface area contributed by atoms with Crippen LogP contribution in [0.1, 0.15) is 56.5 Å². The van der Waals surface area contributed by atoms with Crippen molar-refractivity contribution in [3.63, 3.8) is 0 Å². The van der Waals surface area contributed by atoms with Crippen LogP contribution < -0.4 is 26.3 Å². The second-order valence-corrected chi connectivity index (χ2v) is 19.5. The minimum atomic E-state index is -5.29. The smallest absolute Gasteiger partial charge is 0.407 e. The van der Waals surface area contributed by atoms with E-state index >= 15 is 8.78 Å². The number of aliphatic hydroxyl groups is 1. The molecule has 6 N–H and O–H groups in total. The Kier molecular flexibility index (Phi) is 18.9. The number of benzene rings is 2. The van der Waals surface area contributed by atoms with Crippen LogP contribution >= 0.6 is 0 Å². The first-order valence-electron chi connectivity index (χ1n) is 23.8. The number of alkyl carbamates (subject to hydrolysis) is 1. The molecule has 0 aliphatic carbocycles. The molecule has 0 saturated carbocycles. The van der Waals surface area contributed by atoms with Gasteiger partial charge in [0, 0.05) is 74.5 Å². The van der Waals surface area contributed by atoms with Crippen molar-refractivity contribution in [2.24, 2.45) is 10.8 Å². The van der Waals surface area contributed by atoms with Gasteiger partial charge in [0.15, 0.2) is 0 Å². The molecule has 29 heteroatoms. The molecule has 4 amide bonds. The summed E-state index contributed by atoms with van der Waals surface area (Å²) >= 11 is 0. The van der Waals surface area contributed by atoms with Crippen molar-refractivity contribution in [2.75, 3.05) is 57.9 Å². The Morgan fingerprint density at radius 3 is 1.87 bits per heavy atom. The zero-order valence-electron chi connectivity index (χ0n) is 42.4. The van der Waals surface area contributed by atoms with E-state index in [4.69, 9.17) is 4.74 Å². The Morgan fingerprint density at radius 1 is 0.808 bits per heavy atom. The highest BCUT2D eigenvalue weighted by Crippen LogP contribution is 2.42. The number of amides is 4. The predicted molar refractivity (Wildman–Crippen MR) is 256 cm³/mol. The van der Waals surface area contributed by atoms with E-state index in [1.54, 1.807) is 12.4 Å². The van der Waals surface area contributed by atoms with Crippen LogP contribution in [0.5, 0.6) is 0 Å². The van der Waals surface area contributed by atoms with Crippen molar-refractivity contribution in [1.82, 2.24) is 51.0 Å². The first-order valence-corrected chi connectivity index (χ1v) is 23.8. The number of hydrogen-bond acceptors (Lipinski definition) is 13. The van der Waals surface area contributed by atoms with Crippen LogP contribution in [0.2, 0.25) is 0 Å². The fourth-order valence-corrected chi connectivity index (χ4v) is 8.15. The number of alkyl halides is 8. The number of anilines is 1. The minimum absolute atomic E-state index is 0.184. The number of carbonyl (C=O) groups is 4. The Morgan fingerprint density at radius 2 is 1.37 bits per heavy atom. The topological polar surface area (TPSA) is 229 Å². The second-order valence-electron chi connectivity index (χ2n) is 19.5. The normalized spacial score (nSPS) is 16.3. The lowest BCUT2D eigenvalue weighted by atomic mass is 9.82. The van der Waals surface area contributed by atoms with Crippen LogP contribution in [0.15, 0.2) is 61.2 Å². The molecule has 0 spiro atoms. The zero-order chi connectivity index (χ0) is 57.5. The van der Waals surface area contributed by atoms with Gasteiger partial charge in [-0.15, -0.1) is 0 Å². The van der Waals surface area contributed by atoms with Gasteiger partial charge >= 0.3 is 31.1 Å². The second kappa shape index (κ2) is 24.6. The fraction of sp³-hybridized carbons (Fsp3) is 0.490. The van der Waals surface area contributed by atoms with Crippen molar-refractivity contribution in [3.8, 4) is 23.0 Å². The van der Waals surface area contributed by atoms with E-state index in [1.165, 1.54) is 29.6 Å². The van der Waals surface area contributed by atoms with Gasteiger partial charge in [-0.3, -0.25) is 19.9 Å². The quantitative estimate of drug-likeness (QED) is 0.0393. The van der Waals surface area contributed by atoms with Crippen molar-refractivity contribution in [3.05, 3.63) is 95.1 Å². The molecule has 2 saturated heterocycles. The van der Waals surface area contributed by atoms with E-state index < -0.39 is 115 Å². The summed E-state index contributed by atoms with van der Waals surface area (Å²) in [5.41, 5.74) is -4.67. The van der Waals surface area contributed by atoms with E-state index in [0.29, 0.717) is 81.2 Å². The Hall–Kier alpha value is -7.29. The first-order chi connectivity index (χ1) is 36.5. The zero-order valence-corrected chi connectivity index (χ0v) is 42.4. The summed E-state index contributed by atoms with van der Waals surface area (Å²) in [4.78, 5) is 65.3. The Balaban J connectivity index is 1.31. The highest BCUT2D eigenvalue weighted by atomic mass is 19.4. The highest BCUT2D eigenvalue weighted by Gasteiger charge is 2.57. The maximum atomic E-state index is 16.0. The molecule has 0 unspecified atom stereocenters. The monoisotopic (exact) mass is 1120 g/mol. The number of rotatable bonds is 19. The Bertz CT molecular complexity index is 2790. The van der Waals surface area contributed by atoms with E-state index in [9.17, 15) is 64.5 Å². The molecule has 4 heterocycles. The summed E-state index contributed by atoms with van der Waals surface area (Å²) in [5, 5.41) is 30.9. The third kappa shape index (κ3) is 14.6. The number of halogens is 10. The SMILES string of the molecule is COC(=O)N[C@H](C(=O)N[C@@H](Cc1ccc(C#Cc2cnc(N3CCN(C4COC4)CC3)nc2)cc1)[C@@H](O)CN(Cc1c(F)cc(-c2cnn(C(F)F)c2)cc1F)NC(=O)[C@@H](NC(=O)O)C(C)(C)C(F)(F)F)C(C)(C)C(F)(F)F. The maximum absolute atomic E-state index is 16.0. The van der Waals surface area contributed by atoms with Gasteiger partial charge < -0.3 is 40.5 Å². The molecular weight excluding hydrogens is 1060 g/mol. The number of aromatic nitrogens is 4. The third-order valence-electron chi connectivity index (χ3n) is 13.4. The standard InChI is InChI=1S/C49H55F10N11O8/c1-46(2,48(54,55)56)38(65-45(76)77-5)40(72)63-36(16-28-9-6-27(7-10-28)8-11-29-19-60-43(61-20-29)68-14-12-67(13-15-68)32-25-78-26-32)37(71)24-69(66-41(73)39(64-44(74)75)47(3,4)49(57,58)59)23-33-34(50)17-30(18-35(33)51)31-21-62-70(22-31)42(52)53/h6-7,9-10,17-22,32,36-39,42,64,71H,12-16,23-26H2,1-5H3,(H,63,72)(H,65,76)(H,66,73)(H,74,75)/t36-,37-,38+,39+/m0/s1. The number of hydrazine groups is 1. The van der Waals surface area contributed by atoms with E-state index in [-0.39, 0.29) is 21.4 Å². The molecule has 6 rings (SSSR count). The van der Waals surface area contributed by atoms with E-state index in [1.807, 2.05) is 15.6 Å². The number of carboxylic acid groups (broad SMARTS) is 1. The van der Waals surface area contributed by atoms with E-state index in [2.05, 4.69) is 41.9 Å². The molecule has 2 aliphatic heterocycles. The molecule has 2 aliphatic rings. The average molecular weight is 1120 g/mol. The summed E-state index contributed by atoms with van der Waals surface area (Å²) in [6.45, 7) is 1.11. The van der Waals surface area contributed by atoms with Crippen molar-refractivity contribution < 1.29 is 82.8 Å². The number of nitrogens with one attached hydrogen (secondary N) is 4. The maximum Gasteiger partial charge on any atom is 0.407 e. The molecule has 2 aromatic heterocycles. The van der Waals surface area contributed by atoms with Crippen LogP contribution in [-0.2, 0) is 32.0 Å². The van der Waals surface area contributed by atoms with Crippen LogP contribution in [0.3, 0.4) is 0 Å². The van der Waals surface area contributed by atoms with Gasteiger partial charge in [-0.25, -0.2) is 38.0 Å². The molecule has 2 fully saturated rings. The number of piperazine rings is 1. The Labute approximate surface area is 439 Å². The van der Waals surface area contributed by atoms with Crippen molar-refractivity contribution in [2.45, 2.75) is 89.8 Å². The average Bonchev–Trinajstić information content (AvgIpc) is 3.86. The van der Waals surface area contributed by atoms with Gasteiger partial charge in [0.25, 0.3) is 5.91 Å². The van der Waals surface area contributed by atoms with Gasteiger partial charge in [0.2, 0.25) is 11.9 Å². The van der Waals surface area contributed by atoms with Crippen molar-refractivity contribution >= 4 is 29.9 Å². The molecule has 0 bridgehead atoms. The summed E-state index contributed by atoms with van der Waals surface area (Å²) in [6, 6.07) is 0.667. The summed E-state index contributed by atoms with van der Waals surface area (Å²) in [7, 11) is 0.806. The van der Waals surface area contributed by atoms with Crippen LogP contribution in [0.4, 0.5) is 59.4 Å². The molecule has 0 radical (unpaired) electrons. The number of hydrogen-bond donors (Lipinski definition) is 6. The summed E-state index contributed by atoms with van der Waals surface area (Å²) in [6.07, 6.45) is -12.0. The lowest BCUT2D eigenvalue weighted by Gasteiger charge is -2.42. The van der Waals surface area contributed by atoms with Gasteiger partial charge in [-0.05, 0) is 69.5 Å². The van der Waals surface area contributed by atoms with Crippen LogP contribution in [0.25, 0.3) is 11.1 Å². The van der Waals surface area contributed by atoms with Crippen molar-refractivity contribution in [1.29, 1.82) is 0 Å². The minimum Gasteiger partial charge on any atom is -0.465 e. The number of ether oxygens (including phenoxy) is 2. The highest BCUT2D eigenvalue weighted by molar-refractivity contribution is 5.87. The lowest BCUT2D eigenvalue weighted by molar-refractivity contribution is -0.221. The third-order valence-corrected chi connectivity index (χ3v) is 13.4. The number of methoxy groups -OCH3 is 1. The predicted octanol–water partition coefficient (Wildman–Crippen LogP) is 5.39.